The largest absolute Gasteiger partial charge is 0.381 e. The third-order valence-corrected chi connectivity index (χ3v) is 2.47. The highest BCUT2D eigenvalue weighted by Crippen LogP contribution is 2.29. The molecular formula is C7H13NO. The molecular weight excluding hydrogens is 114 g/mol. The molecule has 2 saturated heterocycles. The number of hydrogen-bond donors (Lipinski definition) is 1. The number of methoxy groups -OCH3 is 1. The van der Waals surface area contributed by atoms with Crippen molar-refractivity contribution >= 4 is 0 Å². The van der Waals surface area contributed by atoms with Gasteiger partial charge in [-0.3, -0.25) is 0 Å². The van der Waals surface area contributed by atoms with Crippen molar-refractivity contribution in [3.63, 3.8) is 0 Å². The van der Waals surface area contributed by atoms with Crippen molar-refractivity contribution in [3.05, 3.63) is 0 Å². The van der Waals surface area contributed by atoms with E-state index < -0.39 is 0 Å². The summed E-state index contributed by atoms with van der Waals surface area (Å²) in [6.45, 7) is 0. The molecule has 2 atom stereocenters. The molecule has 3 rings (SSSR count). The first-order valence-electron chi connectivity index (χ1n) is 3.67. The van der Waals surface area contributed by atoms with E-state index in [1.54, 1.807) is 0 Å². The predicted octanol–water partition coefficient (Wildman–Crippen LogP) is 0.526. The smallest absolute Gasteiger partial charge is 0.0601 e. The standard InChI is InChI=1S/C7H13NO/c1-9-7-3-5-2-6(4-7)8-5/h5-8H,2-4H2,1H3. The zero-order valence-corrected chi connectivity index (χ0v) is 5.76. The summed E-state index contributed by atoms with van der Waals surface area (Å²) < 4.78 is 5.25. The summed E-state index contributed by atoms with van der Waals surface area (Å²) in [5.41, 5.74) is 0. The van der Waals surface area contributed by atoms with Crippen LogP contribution in [-0.4, -0.2) is 25.3 Å². The Morgan fingerprint density at radius 3 is 2.11 bits per heavy atom. The van der Waals surface area contributed by atoms with E-state index in [1.807, 2.05) is 7.11 Å². The first-order chi connectivity index (χ1) is 4.38. The minimum absolute atomic E-state index is 0.551. The molecule has 2 nitrogen and oxygen atoms in total. The molecule has 0 radical (unpaired) electrons. The van der Waals surface area contributed by atoms with Crippen molar-refractivity contribution in [2.45, 2.75) is 37.5 Å². The van der Waals surface area contributed by atoms with Crippen LogP contribution in [0.1, 0.15) is 19.3 Å². The third-order valence-electron chi connectivity index (χ3n) is 2.47. The summed E-state index contributed by atoms with van der Waals surface area (Å²) in [7, 11) is 1.81. The van der Waals surface area contributed by atoms with Crippen LogP contribution in [0.3, 0.4) is 0 Å². The molecule has 2 heteroatoms. The van der Waals surface area contributed by atoms with Gasteiger partial charge in [0.05, 0.1) is 6.10 Å². The average molecular weight is 127 g/mol. The molecule has 1 aliphatic carbocycles. The number of nitrogens with one attached hydrogen (secondary N) is 1. The van der Waals surface area contributed by atoms with E-state index in [2.05, 4.69) is 5.32 Å². The number of rotatable bonds is 1. The number of fused-ring (bicyclic) bond motifs is 2. The van der Waals surface area contributed by atoms with Crippen molar-refractivity contribution in [3.8, 4) is 0 Å². The number of ether oxygens (including phenoxy) is 1. The molecule has 3 aliphatic rings. The first kappa shape index (κ1) is 5.69. The lowest BCUT2D eigenvalue weighted by atomic mass is 9.81. The summed E-state index contributed by atoms with van der Waals surface area (Å²) in [4.78, 5) is 0. The Hall–Kier alpha value is -0.0800. The quantitative estimate of drug-likeness (QED) is 0.554. The van der Waals surface area contributed by atoms with Crippen LogP contribution in [0.4, 0.5) is 0 Å². The van der Waals surface area contributed by atoms with Gasteiger partial charge in [-0.05, 0) is 19.3 Å². The molecule has 0 spiro atoms. The summed E-state index contributed by atoms with van der Waals surface area (Å²) in [5.74, 6) is 0. The van der Waals surface area contributed by atoms with E-state index in [0.29, 0.717) is 6.10 Å². The lowest BCUT2D eigenvalue weighted by Crippen LogP contribution is -2.59. The van der Waals surface area contributed by atoms with Gasteiger partial charge in [0.25, 0.3) is 0 Å². The fraction of sp³-hybridized carbons (Fsp3) is 1.00. The van der Waals surface area contributed by atoms with E-state index >= 15 is 0 Å². The molecule has 0 aromatic carbocycles. The Balaban J connectivity index is 1.89. The maximum atomic E-state index is 5.25. The Labute approximate surface area is 55.6 Å². The van der Waals surface area contributed by atoms with E-state index in [0.717, 1.165) is 12.1 Å². The van der Waals surface area contributed by atoms with E-state index in [-0.39, 0.29) is 0 Å². The zero-order chi connectivity index (χ0) is 6.27. The fourth-order valence-corrected chi connectivity index (χ4v) is 1.90. The predicted molar refractivity (Wildman–Crippen MR) is 35.4 cm³/mol. The minimum Gasteiger partial charge on any atom is -0.381 e. The van der Waals surface area contributed by atoms with Crippen LogP contribution in [0.15, 0.2) is 0 Å². The molecule has 0 aromatic rings. The number of piperidine rings is 1. The maximum absolute atomic E-state index is 5.25. The van der Waals surface area contributed by atoms with Crippen molar-refractivity contribution in [2.24, 2.45) is 0 Å². The lowest BCUT2D eigenvalue weighted by molar-refractivity contribution is 0.00572. The Morgan fingerprint density at radius 2 is 1.78 bits per heavy atom. The van der Waals surface area contributed by atoms with Gasteiger partial charge in [-0.2, -0.15) is 0 Å². The average Bonchev–Trinajstić information content (AvgIpc) is 1.87. The van der Waals surface area contributed by atoms with Gasteiger partial charge in [-0.15, -0.1) is 0 Å². The van der Waals surface area contributed by atoms with Crippen LogP contribution in [0.2, 0.25) is 0 Å². The molecule has 52 valence electrons. The topological polar surface area (TPSA) is 21.3 Å². The van der Waals surface area contributed by atoms with Crippen molar-refractivity contribution < 1.29 is 4.74 Å². The number of hydrogen-bond acceptors (Lipinski definition) is 2. The second-order valence-electron chi connectivity index (χ2n) is 3.13. The van der Waals surface area contributed by atoms with Crippen LogP contribution < -0.4 is 5.32 Å². The maximum Gasteiger partial charge on any atom is 0.0601 e. The summed E-state index contributed by atoms with van der Waals surface area (Å²) >= 11 is 0. The summed E-state index contributed by atoms with van der Waals surface area (Å²) in [6.07, 6.45) is 4.40. The van der Waals surface area contributed by atoms with Gasteiger partial charge in [-0.1, -0.05) is 0 Å². The minimum atomic E-state index is 0.551. The van der Waals surface area contributed by atoms with Crippen molar-refractivity contribution in [1.29, 1.82) is 0 Å². The van der Waals surface area contributed by atoms with Crippen LogP contribution in [0.5, 0.6) is 0 Å². The SMILES string of the molecule is COC1CC2CC(C1)N2. The Bertz CT molecular complexity index is 99.5. The molecule has 3 fully saturated rings. The molecule has 2 heterocycles. The van der Waals surface area contributed by atoms with Gasteiger partial charge >= 0.3 is 0 Å². The van der Waals surface area contributed by atoms with Gasteiger partial charge < -0.3 is 10.1 Å². The Morgan fingerprint density at radius 1 is 1.22 bits per heavy atom. The van der Waals surface area contributed by atoms with Gasteiger partial charge in [0.1, 0.15) is 0 Å². The molecule has 1 saturated carbocycles. The Kier molecular flexibility index (Phi) is 1.24. The summed E-state index contributed by atoms with van der Waals surface area (Å²) in [6, 6.07) is 1.57. The zero-order valence-electron chi connectivity index (χ0n) is 5.76. The van der Waals surface area contributed by atoms with Crippen LogP contribution in [0, 0.1) is 0 Å². The van der Waals surface area contributed by atoms with Crippen molar-refractivity contribution in [1.82, 2.24) is 5.32 Å². The van der Waals surface area contributed by atoms with Crippen LogP contribution >= 0.6 is 0 Å². The highest BCUT2D eigenvalue weighted by molar-refractivity contribution is 4.97. The molecule has 2 aliphatic heterocycles. The summed E-state index contributed by atoms with van der Waals surface area (Å²) in [5, 5.41) is 3.46. The van der Waals surface area contributed by atoms with Crippen LogP contribution in [0.25, 0.3) is 0 Å². The third kappa shape index (κ3) is 0.864. The highest BCUT2D eigenvalue weighted by atomic mass is 16.5. The van der Waals surface area contributed by atoms with Gasteiger partial charge in [-0.25, -0.2) is 0 Å². The molecule has 0 amide bonds. The molecule has 0 aromatic heterocycles. The molecule has 9 heavy (non-hydrogen) atoms. The van der Waals surface area contributed by atoms with Crippen molar-refractivity contribution in [2.75, 3.05) is 7.11 Å². The van der Waals surface area contributed by atoms with Gasteiger partial charge in [0.2, 0.25) is 0 Å². The second kappa shape index (κ2) is 1.96. The normalized spacial score (nSPS) is 48.3. The lowest BCUT2D eigenvalue weighted by Gasteiger charge is -2.45. The highest BCUT2D eigenvalue weighted by Gasteiger charge is 2.37. The second-order valence-corrected chi connectivity index (χ2v) is 3.13. The monoisotopic (exact) mass is 127 g/mol. The van der Waals surface area contributed by atoms with Crippen LogP contribution in [-0.2, 0) is 4.74 Å². The molecule has 1 N–H and O–H groups in total. The van der Waals surface area contributed by atoms with Gasteiger partial charge in [0.15, 0.2) is 0 Å². The van der Waals surface area contributed by atoms with E-state index in [1.165, 1.54) is 19.3 Å². The molecule has 2 bridgehead atoms. The van der Waals surface area contributed by atoms with Gasteiger partial charge in [0, 0.05) is 19.2 Å². The first-order valence-corrected chi connectivity index (χ1v) is 3.67. The van der Waals surface area contributed by atoms with E-state index in [4.69, 9.17) is 4.74 Å². The fourth-order valence-electron chi connectivity index (χ4n) is 1.90. The van der Waals surface area contributed by atoms with E-state index in [9.17, 15) is 0 Å². The molecule has 2 unspecified atom stereocenters.